The number of oxazole rings is 1. The normalized spacial score (nSPS) is 12.1. The molecule has 0 unspecified atom stereocenters. The molecule has 6 heteroatoms. The molecule has 6 nitrogen and oxygen atoms in total. The molecule has 0 saturated carbocycles. The monoisotopic (exact) mass is 264 g/mol. The topological polar surface area (TPSA) is 74.7 Å². The quantitative estimate of drug-likeness (QED) is 0.724. The minimum atomic E-state index is 0.213. The van der Waals surface area contributed by atoms with Crippen LogP contribution in [0.3, 0.4) is 0 Å². The fraction of sp³-hybridized carbons (Fsp3) is 0.462. The van der Waals surface area contributed by atoms with E-state index in [0.717, 1.165) is 29.2 Å². The molecule has 19 heavy (non-hydrogen) atoms. The maximum atomic E-state index is 10.1. The van der Waals surface area contributed by atoms with Gasteiger partial charge in [-0.05, 0) is 32.9 Å². The van der Waals surface area contributed by atoms with E-state index in [1.54, 1.807) is 0 Å². The van der Waals surface area contributed by atoms with Crippen LogP contribution in [0.25, 0.3) is 11.1 Å². The molecular weight excluding hydrogens is 244 g/mol. The molecule has 1 aromatic carbocycles. The van der Waals surface area contributed by atoms with Crippen molar-refractivity contribution in [2.45, 2.75) is 20.8 Å². The second-order valence-corrected chi connectivity index (χ2v) is 4.10. The second kappa shape index (κ2) is 5.69. The number of aromatic nitrogens is 1. The Morgan fingerprint density at radius 1 is 1.21 bits per heavy atom. The lowest BCUT2D eigenvalue weighted by molar-refractivity contribution is 0.167. The van der Waals surface area contributed by atoms with E-state index in [1.807, 2.05) is 32.9 Å². The molecule has 1 heterocycles. The highest BCUT2D eigenvalue weighted by Gasteiger charge is 2.12. The summed E-state index contributed by atoms with van der Waals surface area (Å²) >= 11 is 0. The maximum Gasteiger partial charge on any atom is 0.331 e. The first kappa shape index (κ1) is 13.3. The summed E-state index contributed by atoms with van der Waals surface area (Å²) in [5.41, 5.74) is 3.19. The highest BCUT2D eigenvalue weighted by molar-refractivity contribution is 5.90. The van der Waals surface area contributed by atoms with Gasteiger partial charge in [-0.15, -0.1) is 4.73 Å². The summed E-state index contributed by atoms with van der Waals surface area (Å²) < 4.78 is 6.60. The lowest BCUT2D eigenvalue weighted by Crippen LogP contribution is -2.13. The van der Waals surface area contributed by atoms with E-state index in [4.69, 9.17) is 4.42 Å². The van der Waals surface area contributed by atoms with Gasteiger partial charge in [-0.25, -0.2) is 4.99 Å². The molecule has 0 aliphatic rings. The predicted molar refractivity (Wildman–Crippen MR) is 75.8 cm³/mol. The molecule has 0 bridgehead atoms. The van der Waals surface area contributed by atoms with E-state index in [9.17, 15) is 5.21 Å². The zero-order chi connectivity index (χ0) is 13.8. The van der Waals surface area contributed by atoms with Crippen molar-refractivity contribution in [3.8, 4) is 0 Å². The summed E-state index contributed by atoms with van der Waals surface area (Å²) in [6.45, 7) is 8.07. The molecule has 2 rings (SSSR count). The summed E-state index contributed by atoms with van der Waals surface area (Å²) in [7, 11) is 0. The van der Waals surface area contributed by atoms with Gasteiger partial charge in [-0.1, -0.05) is 0 Å². The third-order valence-corrected chi connectivity index (χ3v) is 2.71. The fourth-order valence-electron chi connectivity index (χ4n) is 1.98. The lowest BCUT2D eigenvalue weighted by atomic mass is 10.2. The Hall–Kier alpha value is -2.11. The molecule has 0 saturated heterocycles. The summed E-state index contributed by atoms with van der Waals surface area (Å²) in [4.78, 5) is 4.12. The maximum absolute atomic E-state index is 10.1. The van der Waals surface area contributed by atoms with E-state index < -0.39 is 0 Å². The highest BCUT2D eigenvalue weighted by atomic mass is 16.5. The van der Waals surface area contributed by atoms with Crippen LogP contribution in [0.15, 0.2) is 21.5 Å². The van der Waals surface area contributed by atoms with E-state index >= 15 is 0 Å². The molecule has 2 aromatic rings. The van der Waals surface area contributed by atoms with Gasteiger partial charge in [0.1, 0.15) is 5.52 Å². The number of hydrogen-bond acceptors (Lipinski definition) is 5. The standard InChI is InChI=1S/C13H20N4O2/c1-4-14-9-7-10(15-5-2)12-11(8-9)17(18)13(19-12)16-6-3/h7-8,14-15,18H,4-6H2,1-3H3. The van der Waals surface area contributed by atoms with E-state index in [2.05, 4.69) is 15.6 Å². The molecule has 0 amide bonds. The molecule has 0 aliphatic heterocycles. The first-order valence-electron chi connectivity index (χ1n) is 6.58. The van der Waals surface area contributed by atoms with Crippen LogP contribution in [-0.2, 0) is 0 Å². The van der Waals surface area contributed by atoms with Crippen LogP contribution in [-0.4, -0.2) is 29.6 Å². The Balaban J connectivity index is 2.68. The highest BCUT2D eigenvalue weighted by Crippen LogP contribution is 2.27. The van der Waals surface area contributed by atoms with Crippen molar-refractivity contribution in [3.05, 3.63) is 17.8 Å². The van der Waals surface area contributed by atoms with Gasteiger partial charge in [-0.3, -0.25) is 0 Å². The average Bonchev–Trinajstić information content (AvgIpc) is 2.69. The van der Waals surface area contributed by atoms with Crippen LogP contribution in [0.2, 0.25) is 0 Å². The van der Waals surface area contributed by atoms with E-state index in [1.165, 1.54) is 0 Å². The lowest BCUT2D eigenvalue weighted by Gasteiger charge is -2.08. The van der Waals surface area contributed by atoms with Crippen LogP contribution in [0.5, 0.6) is 0 Å². The number of rotatable bonds is 5. The van der Waals surface area contributed by atoms with Gasteiger partial charge in [0.05, 0.1) is 5.69 Å². The minimum absolute atomic E-state index is 0.213. The molecule has 1 aromatic heterocycles. The zero-order valence-electron chi connectivity index (χ0n) is 11.5. The van der Waals surface area contributed by atoms with Gasteiger partial charge >= 0.3 is 5.68 Å². The first-order valence-corrected chi connectivity index (χ1v) is 6.58. The summed E-state index contributed by atoms with van der Waals surface area (Å²) in [5, 5.41) is 16.5. The van der Waals surface area contributed by atoms with Gasteiger partial charge in [-0.2, -0.15) is 0 Å². The third kappa shape index (κ3) is 2.52. The number of nitrogens with zero attached hydrogens (tertiary/aromatic N) is 2. The molecule has 3 N–H and O–H groups in total. The minimum Gasteiger partial charge on any atom is -0.424 e. The average molecular weight is 264 g/mol. The number of anilines is 2. The predicted octanol–water partition coefficient (Wildman–Crippen LogP) is 2.26. The van der Waals surface area contributed by atoms with Gasteiger partial charge in [0, 0.05) is 25.3 Å². The van der Waals surface area contributed by atoms with Crippen molar-refractivity contribution in [2.24, 2.45) is 4.99 Å². The van der Waals surface area contributed by atoms with Crippen molar-refractivity contribution >= 4 is 22.5 Å². The first-order chi connectivity index (χ1) is 9.21. The molecule has 0 fully saturated rings. The van der Waals surface area contributed by atoms with Crippen LogP contribution in [0, 0.1) is 0 Å². The molecule has 104 valence electrons. The molecular formula is C13H20N4O2. The Labute approximate surface area is 111 Å². The molecule has 0 spiro atoms. The number of fused-ring (bicyclic) bond motifs is 1. The van der Waals surface area contributed by atoms with Crippen LogP contribution in [0.4, 0.5) is 11.4 Å². The number of nitrogens with one attached hydrogen (secondary N) is 2. The van der Waals surface area contributed by atoms with Gasteiger partial charge in [0.25, 0.3) is 0 Å². The Morgan fingerprint density at radius 2 is 1.95 bits per heavy atom. The second-order valence-electron chi connectivity index (χ2n) is 4.10. The number of hydrogen-bond donors (Lipinski definition) is 3. The summed E-state index contributed by atoms with van der Waals surface area (Å²) in [6, 6.07) is 3.81. The van der Waals surface area contributed by atoms with Gasteiger partial charge < -0.3 is 20.3 Å². The van der Waals surface area contributed by atoms with Gasteiger partial charge in [0.15, 0.2) is 5.58 Å². The van der Waals surface area contributed by atoms with Crippen molar-refractivity contribution in [3.63, 3.8) is 0 Å². The Bertz CT molecular complexity index is 627. The number of benzene rings is 1. The van der Waals surface area contributed by atoms with E-state index in [-0.39, 0.29) is 5.68 Å². The van der Waals surface area contributed by atoms with Crippen LogP contribution in [0.1, 0.15) is 20.8 Å². The summed E-state index contributed by atoms with van der Waals surface area (Å²) in [5.74, 6) is 0. The Morgan fingerprint density at radius 3 is 2.58 bits per heavy atom. The molecule has 0 radical (unpaired) electrons. The summed E-state index contributed by atoms with van der Waals surface area (Å²) in [6.07, 6.45) is 0. The van der Waals surface area contributed by atoms with Crippen molar-refractivity contribution in [1.82, 2.24) is 4.73 Å². The fourth-order valence-corrected chi connectivity index (χ4v) is 1.98. The Kier molecular flexibility index (Phi) is 3.99. The van der Waals surface area contributed by atoms with Crippen LogP contribution < -0.4 is 16.3 Å². The molecule has 0 aliphatic carbocycles. The SMILES string of the molecule is CCN=c1oc2c(NCC)cc(NCC)cc2n1O. The van der Waals surface area contributed by atoms with E-state index in [0.29, 0.717) is 17.6 Å². The molecule has 0 atom stereocenters. The van der Waals surface area contributed by atoms with Crippen molar-refractivity contribution < 1.29 is 9.62 Å². The third-order valence-electron chi connectivity index (χ3n) is 2.71. The van der Waals surface area contributed by atoms with Gasteiger partial charge in [0.2, 0.25) is 0 Å². The zero-order valence-corrected chi connectivity index (χ0v) is 11.5. The van der Waals surface area contributed by atoms with Crippen molar-refractivity contribution in [1.29, 1.82) is 0 Å². The van der Waals surface area contributed by atoms with Crippen molar-refractivity contribution in [2.75, 3.05) is 30.3 Å². The largest absolute Gasteiger partial charge is 0.424 e. The smallest absolute Gasteiger partial charge is 0.331 e. The van der Waals surface area contributed by atoms with Crippen LogP contribution >= 0.6 is 0 Å².